The highest BCUT2D eigenvalue weighted by molar-refractivity contribution is 5.76. The molecule has 0 bridgehead atoms. The summed E-state index contributed by atoms with van der Waals surface area (Å²) in [4.78, 5) is 23.6. The van der Waals surface area contributed by atoms with Gasteiger partial charge < -0.3 is 25.4 Å². The molecule has 0 radical (unpaired) electrons. The number of anilines is 2. The van der Waals surface area contributed by atoms with E-state index >= 15 is 0 Å². The predicted molar refractivity (Wildman–Crippen MR) is 73.9 cm³/mol. The maximum atomic E-state index is 11.5. The second kappa shape index (κ2) is 8.86. The molecule has 0 saturated carbocycles. The van der Waals surface area contributed by atoms with Crippen LogP contribution in [-0.2, 0) is 9.53 Å². The standard InChI is InChI=1S/C11H20N6O3/c1-12-9-15-10(17-11(16-9)20-3)14-5-4-8(18)13-6-7-19-2/h4-7H2,1-3H3,(H,13,18)(H2,12,14,15,16,17). The third-order valence-corrected chi connectivity index (χ3v) is 2.28. The number of nitrogens with one attached hydrogen (secondary N) is 3. The molecule has 0 unspecified atom stereocenters. The van der Waals surface area contributed by atoms with Gasteiger partial charge >= 0.3 is 6.01 Å². The van der Waals surface area contributed by atoms with Crippen LogP contribution in [0.3, 0.4) is 0 Å². The first-order chi connectivity index (χ1) is 9.69. The van der Waals surface area contributed by atoms with Gasteiger partial charge in [-0.2, -0.15) is 15.0 Å². The summed E-state index contributed by atoms with van der Waals surface area (Å²) in [6, 6.07) is 0.205. The van der Waals surface area contributed by atoms with Crippen molar-refractivity contribution in [3.8, 4) is 6.01 Å². The van der Waals surface area contributed by atoms with E-state index in [1.54, 1.807) is 14.2 Å². The highest BCUT2D eigenvalue weighted by atomic mass is 16.5. The fraction of sp³-hybridized carbons (Fsp3) is 0.636. The van der Waals surface area contributed by atoms with Crippen LogP contribution in [0.25, 0.3) is 0 Å². The molecule has 1 heterocycles. The summed E-state index contributed by atoms with van der Waals surface area (Å²) < 4.78 is 9.79. The van der Waals surface area contributed by atoms with Crippen LogP contribution in [0.4, 0.5) is 11.9 Å². The molecule has 0 aliphatic carbocycles. The molecule has 3 N–H and O–H groups in total. The molecule has 9 heteroatoms. The van der Waals surface area contributed by atoms with Crippen molar-refractivity contribution < 1.29 is 14.3 Å². The van der Waals surface area contributed by atoms with Gasteiger partial charge in [0, 0.05) is 33.7 Å². The number of aromatic nitrogens is 3. The first kappa shape index (κ1) is 15.9. The van der Waals surface area contributed by atoms with Gasteiger partial charge in [-0.05, 0) is 0 Å². The molecule has 0 fully saturated rings. The fourth-order valence-corrected chi connectivity index (χ4v) is 1.31. The van der Waals surface area contributed by atoms with E-state index < -0.39 is 0 Å². The van der Waals surface area contributed by atoms with Gasteiger partial charge in [-0.25, -0.2) is 0 Å². The maximum absolute atomic E-state index is 11.5. The van der Waals surface area contributed by atoms with Crippen LogP contribution in [0.5, 0.6) is 6.01 Å². The normalized spacial score (nSPS) is 9.95. The van der Waals surface area contributed by atoms with Crippen molar-refractivity contribution in [3.63, 3.8) is 0 Å². The smallest absolute Gasteiger partial charge is 0.322 e. The monoisotopic (exact) mass is 284 g/mol. The zero-order valence-corrected chi connectivity index (χ0v) is 11.9. The van der Waals surface area contributed by atoms with E-state index in [-0.39, 0.29) is 11.9 Å². The second-order valence-corrected chi connectivity index (χ2v) is 3.74. The molecule has 0 aromatic carbocycles. The third-order valence-electron chi connectivity index (χ3n) is 2.28. The van der Waals surface area contributed by atoms with Crippen molar-refractivity contribution >= 4 is 17.8 Å². The van der Waals surface area contributed by atoms with E-state index in [4.69, 9.17) is 9.47 Å². The van der Waals surface area contributed by atoms with Crippen molar-refractivity contribution in [2.24, 2.45) is 0 Å². The Balaban J connectivity index is 2.39. The van der Waals surface area contributed by atoms with Gasteiger partial charge in [-0.3, -0.25) is 4.79 Å². The van der Waals surface area contributed by atoms with Crippen LogP contribution in [0, 0.1) is 0 Å². The summed E-state index contributed by atoms with van der Waals surface area (Å²) in [5, 5.41) is 8.46. The number of carbonyl (C=O) groups is 1. The molecule has 9 nitrogen and oxygen atoms in total. The van der Waals surface area contributed by atoms with Crippen molar-refractivity contribution in [3.05, 3.63) is 0 Å². The second-order valence-electron chi connectivity index (χ2n) is 3.74. The Morgan fingerprint density at radius 2 is 1.90 bits per heavy atom. The molecule has 1 rings (SSSR count). The molecule has 1 aromatic rings. The Hall–Kier alpha value is -2.16. The Kier molecular flexibility index (Phi) is 7.04. The van der Waals surface area contributed by atoms with E-state index in [0.29, 0.717) is 38.0 Å². The Morgan fingerprint density at radius 3 is 2.55 bits per heavy atom. The van der Waals surface area contributed by atoms with Crippen molar-refractivity contribution in [2.75, 3.05) is 51.6 Å². The lowest BCUT2D eigenvalue weighted by molar-refractivity contribution is -0.121. The minimum atomic E-state index is -0.0654. The molecule has 0 atom stereocenters. The highest BCUT2D eigenvalue weighted by Gasteiger charge is 2.06. The zero-order chi connectivity index (χ0) is 14.8. The molecule has 0 spiro atoms. The molecular weight excluding hydrogens is 264 g/mol. The lowest BCUT2D eigenvalue weighted by Gasteiger charge is -2.08. The highest BCUT2D eigenvalue weighted by Crippen LogP contribution is 2.09. The number of carbonyl (C=O) groups excluding carboxylic acids is 1. The Labute approximate surface area is 117 Å². The maximum Gasteiger partial charge on any atom is 0.322 e. The van der Waals surface area contributed by atoms with Crippen molar-refractivity contribution in [1.82, 2.24) is 20.3 Å². The number of ether oxygens (including phenoxy) is 2. The predicted octanol–water partition coefficient (Wildman–Crippen LogP) is -0.513. The van der Waals surface area contributed by atoms with Gasteiger partial charge in [-0.15, -0.1) is 0 Å². The first-order valence-electron chi connectivity index (χ1n) is 6.17. The number of rotatable bonds is 9. The summed E-state index contributed by atoms with van der Waals surface area (Å²) in [5.41, 5.74) is 0. The molecule has 112 valence electrons. The summed E-state index contributed by atoms with van der Waals surface area (Å²) in [6.45, 7) is 1.41. The average molecular weight is 284 g/mol. The SMILES string of the molecule is CNc1nc(NCCC(=O)NCCOC)nc(OC)n1. The number of hydrogen-bond acceptors (Lipinski definition) is 8. The summed E-state index contributed by atoms with van der Waals surface area (Å²) in [5.74, 6) is 0.680. The zero-order valence-electron chi connectivity index (χ0n) is 11.9. The largest absolute Gasteiger partial charge is 0.467 e. The van der Waals surface area contributed by atoms with Crippen LogP contribution >= 0.6 is 0 Å². The first-order valence-corrected chi connectivity index (χ1v) is 6.17. The number of nitrogens with zero attached hydrogens (tertiary/aromatic N) is 3. The van der Waals surface area contributed by atoms with Crippen LogP contribution in [-0.4, -0.2) is 61.8 Å². The van der Waals surface area contributed by atoms with Gasteiger partial charge in [0.15, 0.2) is 0 Å². The van der Waals surface area contributed by atoms with E-state index in [1.807, 2.05) is 0 Å². The summed E-state index contributed by atoms with van der Waals surface area (Å²) in [7, 11) is 4.75. The van der Waals surface area contributed by atoms with Crippen LogP contribution < -0.4 is 20.7 Å². The van der Waals surface area contributed by atoms with E-state index in [0.717, 1.165) is 0 Å². The van der Waals surface area contributed by atoms with Crippen molar-refractivity contribution in [2.45, 2.75) is 6.42 Å². The molecule has 0 saturated heterocycles. The van der Waals surface area contributed by atoms with Crippen molar-refractivity contribution in [1.29, 1.82) is 0 Å². The average Bonchev–Trinajstić information content (AvgIpc) is 2.47. The summed E-state index contributed by atoms with van der Waals surface area (Å²) in [6.07, 6.45) is 0.312. The van der Waals surface area contributed by atoms with Crippen LogP contribution in [0.1, 0.15) is 6.42 Å². The molecular formula is C11H20N6O3. The molecule has 0 aliphatic heterocycles. The fourth-order valence-electron chi connectivity index (χ4n) is 1.31. The minimum Gasteiger partial charge on any atom is -0.467 e. The topological polar surface area (TPSA) is 110 Å². The van der Waals surface area contributed by atoms with Gasteiger partial charge in [0.05, 0.1) is 13.7 Å². The van der Waals surface area contributed by atoms with Gasteiger partial charge in [0.25, 0.3) is 0 Å². The molecule has 1 amide bonds. The Bertz CT molecular complexity index is 406. The van der Waals surface area contributed by atoms with Gasteiger partial charge in [-0.1, -0.05) is 0 Å². The summed E-state index contributed by atoms with van der Waals surface area (Å²) >= 11 is 0. The van der Waals surface area contributed by atoms with Gasteiger partial charge in [0.1, 0.15) is 0 Å². The molecule has 20 heavy (non-hydrogen) atoms. The quantitative estimate of drug-likeness (QED) is 0.520. The van der Waals surface area contributed by atoms with E-state index in [2.05, 4.69) is 30.9 Å². The van der Waals surface area contributed by atoms with Crippen LogP contribution in [0.2, 0.25) is 0 Å². The van der Waals surface area contributed by atoms with E-state index in [9.17, 15) is 4.79 Å². The number of amides is 1. The van der Waals surface area contributed by atoms with Crippen LogP contribution in [0.15, 0.2) is 0 Å². The lowest BCUT2D eigenvalue weighted by atomic mass is 10.4. The molecule has 1 aromatic heterocycles. The van der Waals surface area contributed by atoms with E-state index in [1.165, 1.54) is 7.11 Å². The lowest BCUT2D eigenvalue weighted by Crippen LogP contribution is -2.28. The number of hydrogen-bond donors (Lipinski definition) is 3. The Morgan fingerprint density at radius 1 is 1.15 bits per heavy atom. The third kappa shape index (κ3) is 5.65. The number of methoxy groups -OCH3 is 2. The minimum absolute atomic E-state index is 0.0654. The van der Waals surface area contributed by atoms with Gasteiger partial charge in [0.2, 0.25) is 17.8 Å². The molecule has 0 aliphatic rings.